The fourth-order valence-electron chi connectivity index (χ4n) is 2.00. The molecule has 0 aliphatic rings. The summed E-state index contributed by atoms with van der Waals surface area (Å²) < 4.78 is 1.92. The first-order chi connectivity index (χ1) is 8.81. The molecule has 4 nitrogen and oxygen atoms in total. The Bertz CT molecular complexity index is 464. The van der Waals surface area contributed by atoms with Crippen molar-refractivity contribution in [3.05, 3.63) is 42.2 Å². The molecule has 0 saturated heterocycles. The first-order valence-corrected chi connectivity index (χ1v) is 6.47. The van der Waals surface area contributed by atoms with Gasteiger partial charge >= 0.3 is 0 Å². The number of benzene rings is 1. The van der Waals surface area contributed by atoms with Crippen LogP contribution >= 0.6 is 0 Å². The van der Waals surface area contributed by atoms with E-state index >= 15 is 0 Å². The van der Waals surface area contributed by atoms with Crippen LogP contribution in [0.4, 0.5) is 0 Å². The van der Waals surface area contributed by atoms with Gasteiger partial charge < -0.3 is 5.32 Å². The van der Waals surface area contributed by atoms with E-state index in [2.05, 4.69) is 29.5 Å². The summed E-state index contributed by atoms with van der Waals surface area (Å²) in [5.41, 5.74) is 2.23. The molecule has 96 valence electrons. The number of rotatable bonds is 6. The largest absolute Gasteiger partial charge is 0.317 e. The fraction of sp³-hybridized carbons (Fsp3) is 0.429. The first kappa shape index (κ1) is 12.8. The van der Waals surface area contributed by atoms with Gasteiger partial charge in [0.2, 0.25) is 0 Å². The minimum Gasteiger partial charge on any atom is -0.317 e. The Kier molecular flexibility index (Phi) is 4.47. The van der Waals surface area contributed by atoms with Crippen molar-refractivity contribution in [1.29, 1.82) is 0 Å². The second kappa shape index (κ2) is 6.31. The number of para-hydroxylation sites is 1. The monoisotopic (exact) mass is 244 g/mol. The molecule has 0 spiro atoms. The fourth-order valence-corrected chi connectivity index (χ4v) is 2.00. The lowest BCUT2D eigenvalue weighted by Gasteiger charge is -2.12. The van der Waals surface area contributed by atoms with Crippen molar-refractivity contribution in [2.45, 2.75) is 20.3 Å². The molecule has 1 unspecified atom stereocenters. The third-order valence-electron chi connectivity index (χ3n) is 2.92. The standard InChI is InChI=1S/C14H20N4/c1-3-15-10-12(2)9-14-11-16-17-18(14)13-7-5-4-6-8-13/h4-8,11-12,15H,3,9-10H2,1-2H3. The molecule has 0 aliphatic heterocycles. The van der Waals surface area contributed by atoms with E-state index in [0.29, 0.717) is 5.92 Å². The molecule has 0 radical (unpaired) electrons. The van der Waals surface area contributed by atoms with Crippen LogP contribution < -0.4 is 5.32 Å². The van der Waals surface area contributed by atoms with Gasteiger partial charge in [0.05, 0.1) is 17.6 Å². The highest BCUT2D eigenvalue weighted by atomic mass is 15.4. The average Bonchev–Trinajstić information content (AvgIpc) is 2.85. The Hall–Kier alpha value is -1.68. The van der Waals surface area contributed by atoms with Gasteiger partial charge in [0.25, 0.3) is 0 Å². The Morgan fingerprint density at radius 1 is 1.28 bits per heavy atom. The SMILES string of the molecule is CCNCC(C)Cc1cnnn1-c1ccccc1. The van der Waals surface area contributed by atoms with Crippen LogP contribution in [0.5, 0.6) is 0 Å². The van der Waals surface area contributed by atoms with Crippen molar-refractivity contribution < 1.29 is 0 Å². The van der Waals surface area contributed by atoms with E-state index in [9.17, 15) is 0 Å². The molecule has 0 saturated carbocycles. The predicted molar refractivity (Wildman–Crippen MR) is 72.8 cm³/mol. The second-order valence-electron chi connectivity index (χ2n) is 4.59. The molecular formula is C14H20N4. The smallest absolute Gasteiger partial charge is 0.0729 e. The molecular weight excluding hydrogens is 224 g/mol. The van der Waals surface area contributed by atoms with Crippen molar-refractivity contribution in [2.75, 3.05) is 13.1 Å². The van der Waals surface area contributed by atoms with Gasteiger partial charge in [0.1, 0.15) is 0 Å². The van der Waals surface area contributed by atoms with Gasteiger partial charge in [-0.1, -0.05) is 37.3 Å². The van der Waals surface area contributed by atoms with E-state index in [-0.39, 0.29) is 0 Å². The van der Waals surface area contributed by atoms with Gasteiger partial charge in [-0.2, -0.15) is 0 Å². The summed E-state index contributed by atoms with van der Waals surface area (Å²) >= 11 is 0. The second-order valence-corrected chi connectivity index (χ2v) is 4.59. The van der Waals surface area contributed by atoms with Gasteiger partial charge in [-0.25, -0.2) is 4.68 Å². The first-order valence-electron chi connectivity index (χ1n) is 6.47. The Labute approximate surface area is 108 Å². The van der Waals surface area contributed by atoms with Crippen LogP contribution in [-0.4, -0.2) is 28.1 Å². The molecule has 1 aromatic carbocycles. The summed E-state index contributed by atoms with van der Waals surface area (Å²) in [6, 6.07) is 10.1. The van der Waals surface area contributed by atoms with Crippen molar-refractivity contribution in [2.24, 2.45) is 5.92 Å². The Balaban J connectivity index is 2.09. The van der Waals surface area contributed by atoms with Crippen molar-refractivity contribution >= 4 is 0 Å². The van der Waals surface area contributed by atoms with Gasteiger partial charge in [-0.3, -0.25) is 0 Å². The van der Waals surface area contributed by atoms with Crippen LogP contribution in [0, 0.1) is 5.92 Å². The van der Waals surface area contributed by atoms with Crippen LogP contribution in [0.25, 0.3) is 5.69 Å². The lowest BCUT2D eigenvalue weighted by Crippen LogP contribution is -2.22. The highest BCUT2D eigenvalue weighted by Gasteiger charge is 2.10. The molecule has 4 heteroatoms. The van der Waals surface area contributed by atoms with Gasteiger partial charge in [-0.15, -0.1) is 5.10 Å². The van der Waals surface area contributed by atoms with E-state index < -0.39 is 0 Å². The van der Waals surface area contributed by atoms with E-state index in [0.717, 1.165) is 30.9 Å². The third kappa shape index (κ3) is 3.17. The number of aromatic nitrogens is 3. The van der Waals surface area contributed by atoms with Gasteiger partial charge in [0.15, 0.2) is 0 Å². The maximum Gasteiger partial charge on any atom is 0.0729 e. The highest BCUT2D eigenvalue weighted by Crippen LogP contribution is 2.12. The van der Waals surface area contributed by atoms with Gasteiger partial charge in [-0.05, 0) is 37.6 Å². The summed E-state index contributed by atoms with van der Waals surface area (Å²) in [7, 11) is 0. The zero-order chi connectivity index (χ0) is 12.8. The number of hydrogen-bond donors (Lipinski definition) is 1. The maximum absolute atomic E-state index is 4.17. The average molecular weight is 244 g/mol. The van der Waals surface area contributed by atoms with Crippen LogP contribution in [-0.2, 0) is 6.42 Å². The number of nitrogens with one attached hydrogen (secondary N) is 1. The van der Waals surface area contributed by atoms with Crippen LogP contribution in [0.1, 0.15) is 19.5 Å². The number of nitrogens with zero attached hydrogens (tertiary/aromatic N) is 3. The van der Waals surface area contributed by atoms with E-state index in [1.165, 1.54) is 0 Å². The summed E-state index contributed by atoms with van der Waals surface area (Å²) in [5.74, 6) is 0.575. The lowest BCUT2D eigenvalue weighted by atomic mass is 10.1. The predicted octanol–water partition coefficient (Wildman–Crippen LogP) is 2.06. The van der Waals surface area contributed by atoms with E-state index in [1.807, 2.05) is 41.2 Å². The molecule has 2 aromatic rings. The minimum absolute atomic E-state index is 0.575. The van der Waals surface area contributed by atoms with Crippen LogP contribution in [0.2, 0.25) is 0 Å². The topological polar surface area (TPSA) is 42.7 Å². The molecule has 1 aromatic heterocycles. The summed E-state index contributed by atoms with van der Waals surface area (Å²) in [6.07, 6.45) is 2.84. The van der Waals surface area contributed by atoms with E-state index in [1.54, 1.807) is 0 Å². The van der Waals surface area contributed by atoms with Gasteiger partial charge in [0, 0.05) is 0 Å². The van der Waals surface area contributed by atoms with E-state index in [4.69, 9.17) is 0 Å². The molecule has 0 amide bonds. The highest BCUT2D eigenvalue weighted by molar-refractivity contribution is 5.31. The molecule has 1 N–H and O–H groups in total. The molecule has 2 rings (SSSR count). The zero-order valence-electron chi connectivity index (χ0n) is 11.0. The normalized spacial score (nSPS) is 12.6. The van der Waals surface area contributed by atoms with Crippen LogP contribution in [0.15, 0.2) is 36.5 Å². The quantitative estimate of drug-likeness (QED) is 0.845. The Morgan fingerprint density at radius 3 is 2.78 bits per heavy atom. The summed E-state index contributed by atoms with van der Waals surface area (Å²) in [5, 5.41) is 11.6. The lowest BCUT2D eigenvalue weighted by molar-refractivity contribution is 0.510. The van der Waals surface area contributed by atoms with Crippen molar-refractivity contribution in [3.63, 3.8) is 0 Å². The molecule has 1 heterocycles. The third-order valence-corrected chi connectivity index (χ3v) is 2.92. The summed E-state index contributed by atoms with van der Waals surface area (Å²) in [4.78, 5) is 0. The molecule has 0 fully saturated rings. The molecule has 0 bridgehead atoms. The molecule has 0 aliphatic carbocycles. The minimum atomic E-state index is 0.575. The number of hydrogen-bond acceptors (Lipinski definition) is 3. The Morgan fingerprint density at radius 2 is 2.06 bits per heavy atom. The van der Waals surface area contributed by atoms with Crippen molar-refractivity contribution in [1.82, 2.24) is 20.3 Å². The van der Waals surface area contributed by atoms with Crippen LogP contribution in [0.3, 0.4) is 0 Å². The maximum atomic E-state index is 4.17. The van der Waals surface area contributed by atoms with Crippen molar-refractivity contribution in [3.8, 4) is 5.69 Å². The molecule has 18 heavy (non-hydrogen) atoms. The molecule has 1 atom stereocenters. The zero-order valence-corrected chi connectivity index (χ0v) is 11.0. The summed E-state index contributed by atoms with van der Waals surface area (Å²) in [6.45, 7) is 6.41.